The van der Waals surface area contributed by atoms with Gasteiger partial charge >= 0.3 is 0 Å². The second-order valence-electron chi connectivity index (χ2n) is 5.51. The first-order chi connectivity index (χ1) is 12.5. The molecule has 138 valence electrons. The van der Waals surface area contributed by atoms with Gasteiger partial charge in [-0.1, -0.05) is 24.3 Å². The first kappa shape index (κ1) is 19.7. The minimum atomic E-state index is -1.41. The lowest BCUT2D eigenvalue weighted by Crippen LogP contribution is -2.25. The predicted octanol–water partition coefficient (Wildman–Crippen LogP) is 2.25. The molecule has 0 heterocycles. The van der Waals surface area contributed by atoms with E-state index in [0.717, 1.165) is 5.56 Å². The normalized spacial score (nSPS) is 10.3. The summed E-state index contributed by atoms with van der Waals surface area (Å²) in [6.45, 7) is 2.02. The predicted molar refractivity (Wildman–Crippen MR) is 99.8 cm³/mol. The van der Waals surface area contributed by atoms with Gasteiger partial charge < -0.3 is 24.7 Å². The number of hydrogen-bond acceptors (Lipinski definition) is 6. The number of carboxylic acids is 1. The standard InChI is InChI=1S/C19H21NO5S/c1-12-6-4-5-7-13(12)10-26-11-18(21)20-15-9-17(25-3)16(24-2)8-14(15)19(22)23/h4-9H,10-11H2,1-3H3,(H,20,21)(H,22,23)/p-1. The van der Waals surface area contributed by atoms with Crippen molar-refractivity contribution in [2.45, 2.75) is 12.7 Å². The topological polar surface area (TPSA) is 87.7 Å². The molecule has 0 saturated heterocycles. The summed E-state index contributed by atoms with van der Waals surface area (Å²) in [6.07, 6.45) is 0. The van der Waals surface area contributed by atoms with Crippen LogP contribution in [-0.4, -0.2) is 31.8 Å². The molecule has 0 atom stereocenters. The van der Waals surface area contributed by atoms with Gasteiger partial charge in [0.2, 0.25) is 5.91 Å². The van der Waals surface area contributed by atoms with E-state index in [1.165, 1.54) is 43.7 Å². The van der Waals surface area contributed by atoms with Crippen molar-refractivity contribution in [2.24, 2.45) is 0 Å². The van der Waals surface area contributed by atoms with Gasteiger partial charge in [-0.25, -0.2) is 0 Å². The summed E-state index contributed by atoms with van der Waals surface area (Å²) >= 11 is 1.45. The molecule has 0 aliphatic rings. The average molecular weight is 374 g/mol. The number of carboxylic acid groups (broad SMARTS) is 1. The van der Waals surface area contributed by atoms with Crippen molar-refractivity contribution in [3.63, 3.8) is 0 Å². The molecule has 26 heavy (non-hydrogen) atoms. The van der Waals surface area contributed by atoms with Crippen LogP contribution in [0.2, 0.25) is 0 Å². The largest absolute Gasteiger partial charge is 0.545 e. The molecule has 1 amide bonds. The Balaban J connectivity index is 2.05. The zero-order valence-electron chi connectivity index (χ0n) is 14.8. The molecule has 0 aromatic heterocycles. The van der Waals surface area contributed by atoms with E-state index in [1.807, 2.05) is 31.2 Å². The smallest absolute Gasteiger partial charge is 0.234 e. The number of carbonyl (C=O) groups is 2. The maximum atomic E-state index is 12.2. The van der Waals surface area contributed by atoms with Gasteiger partial charge in [0.1, 0.15) is 0 Å². The summed E-state index contributed by atoms with van der Waals surface area (Å²) in [4.78, 5) is 23.5. The van der Waals surface area contributed by atoms with Crippen LogP contribution in [0.4, 0.5) is 5.69 Å². The Morgan fingerprint density at radius 3 is 2.38 bits per heavy atom. The van der Waals surface area contributed by atoms with Crippen molar-refractivity contribution < 1.29 is 24.2 Å². The van der Waals surface area contributed by atoms with E-state index in [4.69, 9.17) is 9.47 Å². The molecule has 0 saturated carbocycles. The summed E-state index contributed by atoms with van der Waals surface area (Å²) in [6, 6.07) is 10.6. The number of aryl methyl sites for hydroxylation is 1. The number of carbonyl (C=O) groups excluding carboxylic acids is 2. The molecule has 6 nitrogen and oxygen atoms in total. The molecule has 0 spiro atoms. The van der Waals surface area contributed by atoms with Crippen LogP contribution >= 0.6 is 11.8 Å². The van der Waals surface area contributed by atoms with Gasteiger partial charge in [0.25, 0.3) is 0 Å². The summed E-state index contributed by atoms with van der Waals surface area (Å²) in [5.41, 5.74) is 2.27. The van der Waals surface area contributed by atoms with E-state index in [9.17, 15) is 14.7 Å². The average Bonchev–Trinajstić information content (AvgIpc) is 2.62. The Labute approximate surface area is 156 Å². The number of anilines is 1. The molecule has 7 heteroatoms. The van der Waals surface area contributed by atoms with E-state index >= 15 is 0 Å². The molecule has 0 aliphatic heterocycles. The van der Waals surface area contributed by atoms with Gasteiger partial charge in [0.05, 0.1) is 31.6 Å². The van der Waals surface area contributed by atoms with Crippen molar-refractivity contribution in [2.75, 3.05) is 25.3 Å². The van der Waals surface area contributed by atoms with Gasteiger partial charge in [0, 0.05) is 17.4 Å². The van der Waals surface area contributed by atoms with E-state index < -0.39 is 5.97 Å². The van der Waals surface area contributed by atoms with Gasteiger partial charge in [-0.05, 0) is 24.1 Å². The number of amides is 1. The highest BCUT2D eigenvalue weighted by Crippen LogP contribution is 2.33. The molecule has 0 radical (unpaired) electrons. The highest BCUT2D eigenvalue weighted by Gasteiger charge is 2.14. The Morgan fingerprint density at radius 1 is 1.12 bits per heavy atom. The monoisotopic (exact) mass is 374 g/mol. The van der Waals surface area contributed by atoms with Crippen molar-refractivity contribution in [3.05, 3.63) is 53.1 Å². The number of hydrogen-bond donors (Lipinski definition) is 1. The fourth-order valence-corrected chi connectivity index (χ4v) is 3.27. The fraction of sp³-hybridized carbons (Fsp3) is 0.263. The Hall–Kier alpha value is -2.67. The number of methoxy groups -OCH3 is 2. The van der Waals surface area contributed by atoms with Gasteiger partial charge in [0.15, 0.2) is 11.5 Å². The molecule has 0 bridgehead atoms. The van der Waals surface area contributed by atoms with Crippen LogP contribution in [0.25, 0.3) is 0 Å². The fourth-order valence-electron chi connectivity index (χ4n) is 2.36. The zero-order chi connectivity index (χ0) is 19.1. The zero-order valence-corrected chi connectivity index (χ0v) is 15.6. The highest BCUT2D eigenvalue weighted by atomic mass is 32.2. The molecular formula is C19H20NO5S-. The molecule has 0 fully saturated rings. The van der Waals surface area contributed by atoms with Gasteiger partial charge in [-0.15, -0.1) is 11.8 Å². The number of thioether (sulfide) groups is 1. The van der Waals surface area contributed by atoms with Crippen LogP contribution < -0.4 is 19.9 Å². The quantitative estimate of drug-likeness (QED) is 0.762. The lowest BCUT2D eigenvalue weighted by Gasteiger charge is -2.16. The van der Waals surface area contributed by atoms with Crippen LogP contribution in [0.1, 0.15) is 21.5 Å². The van der Waals surface area contributed by atoms with Crippen LogP contribution in [-0.2, 0) is 10.5 Å². The maximum Gasteiger partial charge on any atom is 0.234 e. The Morgan fingerprint density at radius 2 is 1.77 bits per heavy atom. The Bertz CT molecular complexity index is 807. The number of benzene rings is 2. The van der Waals surface area contributed by atoms with Crippen LogP contribution in [0.3, 0.4) is 0 Å². The van der Waals surface area contributed by atoms with Crippen molar-refractivity contribution in [1.29, 1.82) is 0 Å². The number of nitrogens with one attached hydrogen (secondary N) is 1. The molecule has 0 aliphatic carbocycles. The summed E-state index contributed by atoms with van der Waals surface area (Å²) < 4.78 is 10.2. The molecule has 2 rings (SSSR count). The molecular weight excluding hydrogens is 354 g/mol. The number of aromatic carboxylic acids is 1. The first-order valence-corrected chi connectivity index (χ1v) is 9.01. The minimum Gasteiger partial charge on any atom is -0.545 e. The van der Waals surface area contributed by atoms with Crippen molar-refractivity contribution in [3.8, 4) is 11.5 Å². The van der Waals surface area contributed by atoms with Crippen molar-refractivity contribution >= 4 is 29.3 Å². The third-order valence-corrected chi connectivity index (χ3v) is 4.75. The van der Waals surface area contributed by atoms with Crippen molar-refractivity contribution in [1.82, 2.24) is 0 Å². The molecule has 1 N–H and O–H groups in total. The van der Waals surface area contributed by atoms with Crippen LogP contribution in [0.5, 0.6) is 11.5 Å². The molecule has 0 unspecified atom stereocenters. The second kappa shape index (κ2) is 9.15. The third kappa shape index (κ3) is 4.92. The van der Waals surface area contributed by atoms with E-state index in [-0.39, 0.29) is 28.7 Å². The summed E-state index contributed by atoms with van der Waals surface area (Å²) in [5, 5.41) is 13.9. The molecule has 2 aromatic carbocycles. The van der Waals surface area contributed by atoms with E-state index in [0.29, 0.717) is 11.5 Å². The van der Waals surface area contributed by atoms with Crippen LogP contribution in [0.15, 0.2) is 36.4 Å². The molecule has 2 aromatic rings. The maximum absolute atomic E-state index is 12.2. The number of rotatable bonds is 8. The third-order valence-electron chi connectivity index (χ3n) is 3.77. The lowest BCUT2D eigenvalue weighted by molar-refractivity contribution is -0.254. The minimum absolute atomic E-state index is 0.115. The van der Waals surface area contributed by atoms with E-state index in [2.05, 4.69) is 5.32 Å². The van der Waals surface area contributed by atoms with Gasteiger partial charge in [-0.3, -0.25) is 4.79 Å². The summed E-state index contributed by atoms with van der Waals surface area (Å²) in [5.74, 6) is -0.264. The SMILES string of the molecule is COc1cc(NC(=O)CSCc2ccccc2C)c(C(=O)[O-])cc1OC. The highest BCUT2D eigenvalue weighted by molar-refractivity contribution is 7.99. The number of ether oxygens (including phenoxy) is 2. The van der Waals surface area contributed by atoms with Crippen LogP contribution in [0, 0.1) is 6.92 Å². The second-order valence-corrected chi connectivity index (χ2v) is 6.49. The summed E-state index contributed by atoms with van der Waals surface area (Å²) in [7, 11) is 2.83. The van der Waals surface area contributed by atoms with Gasteiger partial charge in [-0.2, -0.15) is 0 Å². The lowest BCUT2D eigenvalue weighted by atomic mass is 10.1. The van der Waals surface area contributed by atoms with E-state index in [1.54, 1.807) is 0 Å². The Kier molecular flexibility index (Phi) is 6.91. The first-order valence-electron chi connectivity index (χ1n) is 7.85.